The average Bonchev–Trinajstić information content (AvgIpc) is 3.42. The van der Waals surface area contributed by atoms with Gasteiger partial charge in [-0.25, -0.2) is 0 Å². The van der Waals surface area contributed by atoms with Gasteiger partial charge in [0, 0.05) is 39.1 Å². The van der Waals surface area contributed by atoms with Gasteiger partial charge in [0.25, 0.3) is 0 Å². The Morgan fingerprint density at radius 1 is 0.438 bits per heavy atom. The third-order valence-electron chi connectivity index (χ3n) is 6.51. The number of fused-ring (bicyclic) bond motifs is 6. The fraction of sp³-hybridized carbons (Fsp3) is 0. The van der Waals surface area contributed by atoms with Crippen LogP contribution in [-0.2, 0) is 0 Å². The first kappa shape index (κ1) is 17.4. The van der Waals surface area contributed by atoms with Crippen LogP contribution in [0.1, 0.15) is 0 Å². The van der Waals surface area contributed by atoms with Gasteiger partial charge in [-0.1, -0.05) is 66.7 Å². The first-order valence-electron chi connectivity index (χ1n) is 11.0. The summed E-state index contributed by atoms with van der Waals surface area (Å²) in [5, 5.41) is 6.35. The van der Waals surface area contributed by atoms with Crippen molar-refractivity contribution in [1.82, 2.24) is 9.13 Å². The van der Waals surface area contributed by atoms with Crippen molar-refractivity contribution in [3.63, 3.8) is 0 Å². The molecule has 0 atom stereocenters. The lowest BCUT2D eigenvalue weighted by Gasteiger charge is -2.11. The summed E-state index contributed by atoms with van der Waals surface area (Å²) in [4.78, 5) is 0. The van der Waals surface area contributed by atoms with Gasteiger partial charge in [0.05, 0.1) is 16.6 Å². The Hall–Kier alpha value is -4.30. The van der Waals surface area contributed by atoms with E-state index in [1.165, 1.54) is 54.9 Å². The molecule has 0 saturated carbocycles. The first-order valence-corrected chi connectivity index (χ1v) is 11.0. The Morgan fingerprint density at radius 2 is 1.16 bits per heavy atom. The van der Waals surface area contributed by atoms with Crippen LogP contribution in [0.4, 0.5) is 0 Å². The lowest BCUT2D eigenvalue weighted by Crippen LogP contribution is -1.94. The second kappa shape index (κ2) is 6.60. The van der Waals surface area contributed by atoms with E-state index in [1.54, 1.807) is 0 Å². The molecule has 0 unspecified atom stereocenters. The van der Waals surface area contributed by atoms with Crippen molar-refractivity contribution in [2.24, 2.45) is 0 Å². The zero-order valence-electron chi connectivity index (χ0n) is 17.4. The lowest BCUT2D eigenvalue weighted by molar-refractivity contribution is 1.13. The second-order valence-electron chi connectivity index (χ2n) is 8.30. The smallest absolute Gasteiger partial charge is 0.0620 e. The molecule has 150 valence electrons. The largest absolute Gasteiger partial charge is 0.317 e. The normalized spacial score (nSPS) is 11.8. The van der Waals surface area contributed by atoms with Crippen LogP contribution in [0.15, 0.2) is 121 Å². The van der Waals surface area contributed by atoms with Crippen molar-refractivity contribution in [1.29, 1.82) is 0 Å². The molecule has 0 N–H and O–H groups in total. The lowest BCUT2D eigenvalue weighted by atomic mass is 10.0. The van der Waals surface area contributed by atoms with Crippen LogP contribution < -0.4 is 0 Å². The Balaban J connectivity index is 1.66. The molecule has 2 heterocycles. The van der Waals surface area contributed by atoms with Crippen LogP contribution in [0, 0.1) is 0 Å². The fourth-order valence-electron chi connectivity index (χ4n) is 5.07. The minimum Gasteiger partial charge on any atom is -0.317 e. The van der Waals surface area contributed by atoms with Gasteiger partial charge in [-0.05, 0) is 53.9 Å². The number of para-hydroxylation sites is 3. The van der Waals surface area contributed by atoms with Crippen LogP contribution in [0.2, 0.25) is 0 Å². The van der Waals surface area contributed by atoms with E-state index in [0.29, 0.717) is 0 Å². The molecular weight excluding hydrogens is 388 g/mol. The molecule has 0 spiro atoms. The van der Waals surface area contributed by atoms with Gasteiger partial charge in [-0.3, -0.25) is 0 Å². The Morgan fingerprint density at radius 3 is 1.97 bits per heavy atom. The van der Waals surface area contributed by atoms with Crippen LogP contribution in [0.3, 0.4) is 0 Å². The predicted octanol–water partition coefficient (Wildman–Crippen LogP) is 7.88. The van der Waals surface area contributed by atoms with E-state index in [4.69, 9.17) is 0 Å². The Labute approximate surface area is 185 Å². The summed E-state index contributed by atoms with van der Waals surface area (Å²) in [6.45, 7) is 0. The van der Waals surface area contributed by atoms with Gasteiger partial charge in [0.2, 0.25) is 0 Å². The molecule has 2 aromatic heterocycles. The summed E-state index contributed by atoms with van der Waals surface area (Å²) in [5.41, 5.74) is 6.08. The molecule has 7 rings (SSSR count). The van der Waals surface area contributed by atoms with E-state index in [-0.39, 0.29) is 0 Å². The van der Waals surface area contributed by atoms with Gasteiger partial charge in [0.1, 0.15) is 0 Å². The third kappa shape index (κ3) is 2.41. The molecule has 32 heavy (non-hydrogen) atoms. The van der Waals surface area contributed by atoms with E-state index in [0.717, 1.165) is 0 Å². The van der Waals surface area contributed by atoms with Crippen molar-refractivity contribution in [3.05, 3.63) is 121 Å². The molecule has 0 bridgehead atoms. The average molecular weight is 409 g/mol. The monoisotopic (exact) mass is 408 g/mol. The molecule has 0 fully saturated rings. The molecule has 0 amide bonds. The summed E-state index contributed by atoms with van der Waals surface area (Å²) >= 11 is 0. The van der Waals surface area contributed by atoms with Crippen LogP contribution in [0.25, 0.3) is 54.9 Å². The maximum atomic E-state index is 2.41. The summed E-state index contributed by atoms with van der Waals surface area (Å²) in [6.07, 6.45) is 2.17. The van der Waals surface area contributed by atoms with Crippen molar-refractivity contribution in [2.45, 2.75) is 0 Å². The number of rotatable bonds is 2. The minimum absolute atomic E-state index is 1.18. The summed E-state index contributed by atoms with van der Waals surface area (Å²) < 4.78 is 4.69. The SMILES string of the molecule is c1ccc(-n2ccc3cc4ccc5c6ccccc6n(-c6ccccc6)c5c4cc32)cc1. The summed E-state index contributed by atoms with van der Waals surface area (Å²) in [7, 11) is 0. The molecule has 2 heteroatoms. The minimum atomic E-state index is 1.18. The fourth-order valence-corrected chi connectivity index (χ4v) is 5.07. The number of benzene rings is 5. The van der Waals surface area contributed by atoms with Crippen molar-refractivity contribution < 1.29 is 0 Å². The molecule has 0 radical (unpaired) electrons. The molecule has 7 aromatic rings. The van der Waals surface area contributed by atoms with E-state index >= 15 is 0 Å². The topological polar surface area (TPSA) is 9.86 Å². The van der Waals surface area contributed by atoms with Gasteiger partial charge in [-0.15, -0.1) is 0 Å². The number of hydrogen-bond donors (Lipinski definition) is 0. The molecule has 0 aliphatic rings. The number of aromatic nitrogens is 2. The Bertz CT molecular complexity index is 1750. The summed E-state index contributed by atoms with van der Waals surface area (Å²) in [5.74, 6) is 0. The first-order chi connectivity index (χ1) is 15.9. The number of hydrogen-bond acceptors (Lipinski definition) is 0. The van der Waals surface area contributed by atoms with Crippen molar-refractivity contribution in [2.75, 3.05) is 0 Å². The highest BCUT2D eigenvalue weighted by molar-refractivity contribution is 6.20. The van der Waals surface area contributed by atoms with Gasteiger partial charge < -0.3 is 9.13 Å². The van der Waals surface area contributed by atoms with Gasteiger partial charge in [0.15, 0.2) is 0 Å². The van der Waals surface area contributed by atoms with Crippen molar-refractivity contribution >= 4 is 43.5 Å². The third-order valence-corrected chi connectivity index (χ3v) is 6.51. The zero-order valence-corrected chi connectivity index (χ0v) is 17.4. The highest BCUT2D eigenvalue weighted by Crippen LogP contribution is 2.38. The van der Waals surface area contributed by atoms with E-state index in [9.17, 15) is 0 Å². The summed E-state index contributed by atoms with van der Waals surface area (Å²) in [6, 6.07) is 41.4. The maximum absolute atomic E-state index is 2.41. The van der Waals surface area contributed by atoms with Crippen LogP contribution >= 0.6 is 0 Å². The molecule has 0 saturated heterocycles. The standard InChI is InChI=1S/C30H20N2/c1-3-9-23(10-4-1)31-18-17-22-19-21-15-16-26-25-13-7-8-14-28(25)32(24-11-5-2-6-12-24)30(26)27(21)20-29(22)31/h1-20H. The Kier molecular flexibility index (Phi) is 3.58. The number of nitrogens with zero attached hydrogens (tertiary/aromatic N) is 2. The molecule has 0 aliphatic carbocycles. The van der Waals surface area contributed by atoms with E-state index in [1.807, 2.05) is 0 Å². The molecule has 2 nitrogen and oxygen atoms in total. The van der Waals surface area contributed by atoms with Crippen molar-refractivity contribution in [3.8, 4) is 11.4 Å². The van der Waals surface area contributed by atoms with Crippen LogP contribution in [-0.4, -0.2) is 9.13 Å². The van der Waals surface area contributed by atoms with Gasteiger partial charge in [-0.2, -0.15) is 0 Å². The predicted molar refractivity (Wildman–Crippen MR) is 135 cm³/mol. The van der Waals surface area contributed by atoms with Crippen LogP contribution in [0.5, 0.6) is 0 Å². The molecular formula is C30H20N2. The highest BCUT2D eigenvalue weighted by atomic mass is 15.0. The van der Waals surface area contributed by atoms with E-state index in [2.05, 4.69) is 131 Å². The molecule has 5 aromatic carbocycles. The maximum Gasteiger partial charge on any atom is 0.0620 e. The molecule has 0 aliphatic heterocycles. The van der Waals surface area contributed by atoms with E-state index < -0.39 is 0 Å². The second-order valence-corrected chi connectivity index (χ2v) is 8.30. The zero-order chi connectivity index (χ0) is 21.1. The highest BCUT2D eigenvalue weighted by Gasteiger charge is 2.16. The quantitative estimate of drug-likeness (QED) is 0.275. The van der Waals surface area contributed by atoms with Gasteiger partial charge >= 0.3 is 0 Å².